The Labute approximate surface area is 121 Å². The van der Waals surface area contributed by atoms with Crippen molar-refractivity contribution < 1.29 is 23.8 Å². The van der Waals surface area contributed by atoms with Crippen molar-refractivity contribution in [3.05, 3.63) is 46.9 Å². The number of furan rings is 1. The van der Waals surface area contributed by atoms with Crippen LogP contribution in [-0.4, -0.2) is 24.1 Å². The van der Waals surface area contributed by atoms with Gasteiger partial charge in [-0.3, -0.25) is 4.79 Å². The van der Waals surface area contributed by atoms with Crippen LogP contribution in [-0.2, 0) is 0 Å². The molecule has 0 aliphatic heterocycles. The van der Waals surface area contributed by atoms with E-state index in [0.29, 0.717) is 28.5 Å². The molecule has 0 radical (unpaired) electrons. The van der Waals surface area contributed by atoms with E-state index in [9.17, 15) is 9.59 Å². The fourth-order valence-electron chi connectivity index (χ4n) is 1.98. The molecule has 21 heavy (non-hydrogen) atoms. The molecule has 1 aromatic carbocycles. The molecule has 0 aliphatic carbocycles. The molecule has 2 aromatic rings. The lowest BCUT2D eigenvalue weighted by Crippen LogP contribution is -2.13. The van der Waals surface area contributed by atoms with Crippen molar-refractivity contribution in [3.63, 3.8) is 0 Å². The molecule has 6 nitrogen and oxygen atoms in total. The van der Waals surface area contributed by atoms with Crippen LogP contribution < -0.4 is 10.1 Å². The fraction of sp³-hybridized carbons (Fsp3) is 0.200. The summed E-state index contributed by atoms with van der Waals surface area (Å²) in [6.07, 6.45) is 0. The van der Waals surface area contributed by atoms with Crippen LogP contribution >= 0.6 is 0 Å². The van der Waals surface area contributed by atoms with Crippen LogP contribution in [0.15, 0.2) is 28.7 Å². The Morgan fingerprint density at radius 1 is 1.24 bits per heavy atom. The van der Waals surface area contributed by atoms with Gasteiger partial charge in [0.1, 0.15) is 17.3 Å². The molecule has 0 atom stereocenters. The second-order valence-corrected chi connectivity index (χ2v) is 4.50. The van der Waals surface area contributed by atoms with Crippen molar-refractivity contribution in [3.8, 4) is 5.75 Å². The van der Waals surface area contributed by atoms with Gasteiger partial charge in [0.2, 0.25) is 0 Å². The lowest BCUT2D eigenvalue weighted by Gasteiger charge is -2.10. The zero-order valence-electron chi connectivity index (χ0n) is 11.9. The summed E-state index contributed by atoms with van der Waals surface area (Å²) in [5.41, 5.74) is 0.752. The van der Waals surface area contributed by atoms with E-state index in [-0.39, 0.29) is 11.5 Å². The largest absolute Gasteiger partial charge is 0.495 e. The third kappa shape index (κ3) is 3.05. The number of hydrogen-bond acceptors (Lipinski definition) is 4. The Hall–Kier alpha value is -2.76. The maximum atomic E-state index is 12.2. The standard InChI is InChI=1S/C15H15NO5/c1-8-6-11(9(2)21-8)14(17)16-12-7-10(15(18)19)4-5-13(12)20-3/h4-7H,1-3H3,(H,16,17)(H,18,19). The number of benzene rings is 1. The van der Waals surface area contributed by atoms with Gasteiger partial charge in [-0.2, -0.15) is 0 Å². The van der Waals surface area contributed by atoms with Crippen molar-refractivity contribution in [1.82, 2.24) is 0 Å². The monoisotopic (exact) mass is 289 g/mol. The number of carboxylic acids is 1. The smallest absolute Gasteiger partial charge is 0.335 e. The topological polar surface area (TPSA) is 88.8 Å². The molecule has 1 heterocycles. The van der Waals surface area contributed by atoms with Crippen molar-refractivity contribution in [2.75, 3.05) is 12.4 Å². The van der Waals surface area contributed by atoms with Crippen molar-refractivity contribution in [1.29, 1.82) is 0 Å². The number of methoxy groups -OCH3 is 1. The lowest BCUT2D eigenvalue weighted by atomic mass is 10.1. The second-order valence-electron chi connectivity index (χ2n) is 4.50. The highest BCUT2D eigenvalue weighted by atomic mass is 16.5. The minimum absolute atomic E-state index is 0.0613. The van der Waals surface area contributed by atoms with Crippen LogP contribution in [0.25, 0.3) is 0 Å². The Kier molecular flexibility index (Phi) is 3.98. The van der Waals surface area contributed by atoms with Crippen LogP contribution in [0, 0.1) is 13.8 Å². The molecule has 0 unspecified atom stereocenters. The molecule has 1 amide bonds. The molecule has 2 rings (SSSR count). The number of amides is 1. The van der Waals surface area contributed by atoms with E-state index in [1.54, 1.807) is 19.9 Å². The fourth-order valence-corrected chi connectivity index (χ4v) is 1.98. The van der Waals surface area contributed by atoms with E-state index in [1.165, 1.54) is 25.3 Å². The average Bonchev–Trinajstić information content (AvgIpc) is 2.77. The van der Waals surface area contributed by atoms with Gasteiger partial charge < -0.3 is 19.6 Å². The Morgan fingerprint density at radius 2 is 1.95 bits per heavy atom. The number of hydrogen-bond donors (Lipinski definition) is 2. The van der Waals surface area contributed by atoms with Gasteiger partial charge in [-0.1, -0.05) is 0 Å². The van der Waals surface area contributed by atoms with Crippen LogP contribution in [0.2, 0.25) is 0 Å². The molecule has 0 saturated heterocycles. The number of carbonyl (C=O) groups is 2. The summed E-state index contributed by atoms with van der Waals surface area (Å²) in [7, 11) is 1.44. The summed E-state index contributed by atoms with van der Waals surface area (Å²) in [5.74, 6) is 0.0437. The number of aromatic carboxylic acids is 1. The zero-order chi connectivity index (χ0) is 15.6. The maximum Gasteiger partial charge on any atom is 0.335 e. The molecule has 0 fully saturated rings. The molecular formula is C15H15NO5. The van der Waals surface area contributed by atoms with E-state index >= 15 is 0 Å². The quantitative estimate of drug-likeness (QED) is 0.903. The van der Waals surface area contributed by atoms with E-state index < -0.39 is 5.97 Å². The maximum absolute atomic E-state index is 12.2. The highest BCUT2D eigenvalue weighted by Crippen LogP contribution is 2.26. The first kappa shape index (κ1) is 14.6. The summed E-state index contributed by atoms with van der Waals surface area (Å²) < 4.78 is 10.4. The predicted molar refractivity (Wildman–Crippen MR) is 76.1 cm³/mol. The Bertz CT molecular complexity index is 702. The van der Waals surface area contributed by atoms with Gasteiger partial charge >= 0.3 is 5.97 Å². The van der Waals surface area contributed by atoms with E-state index in [4.69, 9.17) is 14.3 Å². The minimum atomic E-state index is -1.08. The van der Waals surface area contributed by atoms with E-state index in [1.807, 2.05) is 0 Å². The number of rotatable bonds is 4. The molecule has 2 N–H and O–H groups in total. The highest BCUT2D eigenvalue weighted by Gasteiger charge is 2.16. The molecule has 0 saturated carbocycles. The minimum Gasteiger partial charge on any atom is -0.495 e. The first-order chi connectivity index (χ1) is 9.92. The Balaban J connectivity index is 2.33. The van der Waals surface area contributed by atoms with Gasteiger partial charge in [0.05, 0.1) is 23.9 Å². The van der Waals surface area contributed by atoms with Crippen molar-refractivity contribution >= 4 is 17.6 Å². The van der Waals surface area contributed by atoms with Gasteiger partial charge in [-0.05, 0) is 38.1 Å². The molecule has 1 aromatic heterocycles. The van der Waals surface area contributed by atoms with Crippen LogP contribution in [0.3, 0.4) is 0 Å². The second kappa shape index (κ2) is 5.70. The van der Waals surface area contributed by atoms with Crippen LogP contribution in [0.4, 0.5) is 5.69 Å². The average molecular weight is 289 g/mol. The van der Waals surface area contributed by atoms with Gasteiger partial charge in [-0.25, -0.2) is 4.79 Å². The lowest BCUT2D eigenvalue weighted by molar-refractivity contribution is 0.0696. The molecule has 6 heteroatoms. The predicted octanol–water partition coefficient (Wildman–Crippen LogP) is 2.86. The molecule has 0 spiro atoms. The van der Waals surface area contributed by atoms with Gasteiger partial charge in [0.15, 0.2) is 0 Å². The summed E-state index contributed by atoms with van der Waals surface area (Å²) >= 11 is 0. The van der Waals surface area contributed by atoms with E-state index in [2.05, 4.69) is 5.32 Å². The van der Waals surface area contributed by atoms with Crippen LogP contribution in [0.5, 0.6) is 5.75 Å². The summed E-state index contributed by atoms with van der Waals surface area (Å²) in [4.78, 5) is 23.2. The summed E-state index contributed by atoms with van der Waals surface area (Å²) in [5, 5.41) is 11.6. The van der Waals surface area contributed by atoms with Crippen molar-refractivity contribution in [2.24, 2.45) is 0 Å². The van der Waals surface area contributed by atoms with Gasteiger partial charge in [-0.15, -0.1) is 0 Å². The number of ether oxygens (including phenoxy) is 1. The molecule has 0 bridgehead atoms. The summed E-state index contributed by atoms with van der Waals surface area (Å²) in [6, 6.07) is 5.87. The van der Waals surface area contributed by atoms with Gasteiger partial charge in [0, 0.05) is 0 Å². The molecule has 0 aliphatic rings. The number of carboxylic acid groups (broad SMARTS) is 1. The third-order valence-corrected chi connectivity index (χ3v) is 2.98. The van der Waals surface area contributed by atoms with E-state index in [0.717, 1.165) is 0 Å². The van der Waals surface area contributed by atoms with Gasteiger partial charge in [0.25, 0.3) is 5.91 Å². The third-order valence-electron chi connectivity index (χ3n) is 2.98. The molecule has 110 valence electrons. The first-order valence-corrected chi connectivity index (χ1v) is 6.22. The Morgan fingerprint density at radius 3 is 2.48 bits per heavy atom. The number of nitrogens with one attached hydrogen (secondary N) is 1. The summed E-state index contributed by atoms with van der Waals surface area (Å²) in [6.45, 7) is 3.43. The number of anilines is 1. The normalized spacial score (nSPS) is 10.2. The van der Waals surface area contributed by atoms with Crippen molar-refractivity contribution in [2.45, 2.75) is 13.8 Å². The highest BCUT2D eigenvalue weighted by molar-refractivity contribution is 6.06. The SMILES string of the molecule is COc1ccc(C(=O)O)cc1NC(=O)c1cc(C)oc1C. The van der Waals surface area contributed by atoms with Crippen LogP contribution in [0.1, 0.15) is 32.2 Å². The number of aryl methyl sites for hydroxylation is 2. The number of carbonyl (C=O) groups excluding carboxylic acids is 1. The zero-order valence-corrected chi connectivity index (χ0v) is 11.9. The molecular weight excluding hydrogens is 274 g/mol. The first-order valence-electron chi connectivity index (χ1n) is 6.22.